The molecule has 2 atom stereocenters. The lowest BCUT2D eigenvalue weighted by molar-refractivity contribution is -0.141. The van der Waals surface area contributed by atoms with Crippen LogP contribution < -0.4 is 10.6 Å². The number of anilines is 1. The highest BCUT2D eigenvalue weighted by Crippen LogP contribution is 2.31. The van der Waals surface area contributed by atoms with Crippen molar-refractivity contribution in [2.45, 2.75) is 97.8 Å². The van der Waals surface area contributed by atoms with E-state index in [1.807, 2.05) is 13.0 Å². The summed E-state index contributed by atoms with van der Waals surface area (Å²) in [6.45, 7) is 10.2. The second kappa shape index (κ2) is 16.4. The van der Waals surface area contributed by atoms with Gasteiger partial charge in [-0.05, 0) is 75.9 Å². The molecule has 0 saturated heterocycles. The first-order valence-corrected chi connectivity index (χ1v) is 14.9. The molecule has 0 radical (unpaired) electrons. The van der Waals surface area contributed by atoms with E-state index >= 15 is 0 Å². The number of hydrogen-bond acceptors (Lipinski definition) is 6. The number of benzene rings is 2. The van der Waals surface area contributed by atoms with E-state index in [4.69, 9.17) is 16.3 Å². The summed E-state index contributed by atoms with van der Waals surface area (Å²) in [5.41, 5.74) is 1.33. The Morgan fingerprint density at radius 3 is 2.26 bits per heavy atom. The Balaban J connectivity index is 2.53. The van der Waals surface area contributed by atoms with E-state index in [2.05, 4.69) is 17.6 Å². The molecular formula is C32H46ClN3O6. The lowest BCUT2D eigenvalue weighted by atomic mass is 9.99. The van der Waals surface area contributed by atoms with Crippen molar-refractivity contribution < 1.29 is 29.3 Å². The number of phenols is 1. The molecule has 10 heteroatoms. The SMILES string of the molecule is CCCCCCCCN(C(=O)C(CO)NC(=O)OC(C)(C)C)C(C(=O)Nc1c(C)cccc1Cl)c1ccc(O)c(C)c1. The van der Waals surface area contributed by atoms with Gasteiger partial charge in [0.15, 0.2) is 0 Å². The molecule has 0 aliphatic rings. The fourth-order valence-corrected chi connectivity index (χ4v) is 4.84. The minimum absolute atomic E-state index is 0.0495. The van der Waals surface area contributed by atoms with E-state index in [1.54, 1.807) is 52.0 Å². The van der Waals surface area contributed by atoms with E-state index in [0.29, 0.717) is 28.3 Å². The van der Waals surface area contributed by atoms with Gasteiger partial charge < -0.3 is 30.5 Å². The summed E-state index contributed by atoms with van der Waals surface area (Å²) in [4.78, 5) is 42.0. The molecule has 4 N–H and O–H groups in total. The quantitative estimate of drug-likeness (QED) is 0.185. The number of carbonyl (C=O) groups excluding carboxylic acids is 3. The van der Waals surface area contributed by atoms with Crippen LogP contribution in [0.15, 0.2) is 36.4 Å². The minimum atomic E-state index is -1.35. The summed E-state index contributed by atoms with van der Waals surface area (Å²) in [6, 6.07) is 7.45. The Morgan fingerprint density at radius 1 is 1.00 bits per heavy atom. The van der Waals surface area contributed by atoms with Crippen molar-refractivity contribution in [1.29, 1.82) is 0 Å². The van der Waals surface area contributed by atoms with Crippen molar-refractivity contribution in [3.63, 3.8) is 0 Å². The van der Waals surface area contributed by atoms with Gasteiger partial charge in [0.05, 0.1) is 17.3 Å². The highest BCUT2D eigenvalue weighted by Gasteiger charge is 2.36. The number of alkyl carbamates (subject to hydrolysis) is 1. The summed E-state index contributed by atoms with van der Waals surface area (Å²) in [6.07, 6.45) is 4.83. The average Bonchev–Trinajstić information content (AvgIpc) is 2.91. The van der Waals surface area contributed by atoms with Gasteiger partial charge in [0.25, 0.3) is 5.91 Å². The summed E-state index contributed by atoms with van der Waals surface area (Å²) in [5.74, 6) is -1.11. The maximum atomic E-state index is 14.1. The molecule has 2 aromatic carbocycles. The molecule has 0 saturated carbocycles. The maximum absolute atomic E-state index is 14.1. The molecule has 9 nitrogen and oxygen atoms in total. The number of amides is 3. The van der Waals surface area contributed by atoms with Crippen molar-refractivity contribution in [3.8, 4) is 5.75 Å². The molecule has 2 aromatic rings. The number of unbranched alkanes of at least 4 members (excludes halogenated alkanes) is 5. The zero-order chi connectivity index (χ0) is 31.4. The number of para-hydroxylation sites is 1. The van der Waals surface area contributed by atoms with Gasteiger partial charge in [0.1, 0.15) is 23.4 Å². The molecule has 0 aliphatic heterocycles. The number of aromatic hydroxyl groups is 1. The van der Waals surface area contributed by atoms with E-state index in [0.717, 1.165) is 37.7 Å². The van der Waals surface area contributed by atoms with E-state index in [1.165, 1.54) is 11.0 Å². The summed E-state index contributed by atoms with van der Waals surface area (Å²) >= 11 is 6.42. The van der Waals surface area contributed by atoms with Crippen molar-refractivity contribution in [1.82, 2.24) is 10.2 Å². The minimum Gasteiger partial charge on any atom is -0.508 e. The predicted molar refractivity (Wildman–Crippen MR) is 166 cm³/mol. The van der Waals surface area contributed by atoms with Crippen LogP contribution in [0.25, 0.3) is 0 Å². The molecule has 42 heavy (non-hydrogen) atoms. The number of aliphatic hydroxyl groups excluding tert-OH is 1. The molecule has 3 amide bonds. The van der Waals surface area contributed by atoms with Crippen molar-refractivity contribution in [3.05, 3.63) is 58.1 Å². The number of aryl methyl sites for hydroxylation is 2. The van der Waals surface area contributed by atoms with Crippen molar-refractivity contribution >= 4 is 35.2 Å². The lowest BCUT2D eigenvalue weighted by Crippen LogP contribution is -2.54. The third kappa shape index (κ3) is 10.5. The van der Waals surface area contributed by atoms with Crippen LogP contribution in [0.3, 0.4) is 0 Å². The van der Waals surface area contributed by atoms with Crippen LogP contribution in [-0.4, -0.2) is 57.8 Å². The molecule has 0 spiro atoms. The number of phenolic OH excluding ortho intramolecular Hbond substituents is 1. The molecule has 0 bridgehead atoms. The topological polar surface area (TPSA) is 128 Å². The van der Waals surface area contributed by atoms with Crippen LogP contribution >= 0.6 is 11.6 Å². The molecule has 0 heterocycles. The number of rotatable bonds is 14. The number of carbonyl (C=O) groups is 3. The molecule has 0 fully saturated rings. The summed E-state index contributed by atoms with van der Waals surface area (Å²) in [7, 11) is 0. The van der Waals surface area contributed by atoms with Crippen LogP contribution in [0.4, 0.5) is 10.5 Å². The Bertz CT molecular complexity index is 1190. The van der Waals surface area contributed by atoms with Crippen LogP contribution in [0.1, 0.15) is 89.0 Å². The van der Waals surface area contributed by atoms with Crippen molar-refractivity contribution in [2.24, 2.45) is 0 Å². The lowest BCUT2D eigenvalue weighted by Gasteiger charge is -2.34. The summed E-state index contributed by atoms with van der Waals surface area (Å²) < 4.78 is 5.31. The van der Waals surface area contributed by atoms with E-state index in [-0.39, 0.29) is 12.3 Å². The van der Waals surface area contributed by atoms with Crippen LogP contribution in [0, 0.1) is 13.8 Å². The smallest absolute Gasteiger partial charge is 0.408 e. The molecular weight excluding hydrogens is 558 g/mol. The largest absolute Gasteiger partial charge is 0.508 e. The zero-order valence-corrected chi connectivity index (χ0v) is 26.4. The maximum Gasteiger partial charge on any atom is 0.408 e. The van der Waals surface area contributed by atoms with Gasteiger partial charge in [-0.2, -0.15) is 0 Å². The van der Waals surface area contributed by atoms with Gasteiger partial charge in [-0.25, -0.2) is 4.79 Å². The Hall–Kier alpha value is -3.30. The molecule has 2 unspecified atom stereocenters. The van der Waals surface area contributed by atoms with Crippen LogP contribution in [0.5, 0.6) is 5.75 Å². The molecule has 2 rings (SSSR count). The highest BCUT2D eigenvalue weighted by atomic mass is 35.5. The zero-order valence-electron chi connectivity index (χ0n) is 25.6. The summed E-state index contributed by atoms with van der Waals surface area (Å²) in [5, 5.41) is 26.1. The first-order valence-electron chi connectivity index (χ1n) is 14.5. The van der Waals surface area contributed by atoms with Gasteiger partial charge in [-0.1, -0.05) is 68.8 Å². The fourth-order valence-electron chi connectivity index (χ4n) is 4.57. The van der Waals surface area contributed by atoms with E-state index < -0.39 is 42.2 Å². The Kier molecular flexibility index (Phi) is 13.6. The number of aliphatic hydroxyl groups is 1. The molecule has 232 valence electrons. The Morgan fingerprint density at radius 2 is 1.67 bits per heavy atom. The average molecular weight is 604 g/mol. The first kappa shape index (κ1) is 34.9. The highest BCUT2D eigenvalue weighted by molar-refractivity contribution is 6.34. The Labute approximate surface area is 254 Å². The number of hydrogen-bond donors (Lipinski definition) is 4. The number of ether oxygens (including phenoxy) is 1. The van der Waals surface area contributed by atoms with Gasteiger partial charge in [0.2, 0.25) is 5.91 Å². The molecule has 0 aromatic heterocycles. The third-order valence-electron chi connectivity index (χ3n) is 6.77. The van der Waals surface area contributed by atoms with Crippen LogP contribution in [-0.2, 0) is 14.3 Å². The monoisotopic (exact) mass is 603 g/mol. The number of halogens is 1. The number of nitrogens with zero attached hydrogens (tertiary/aromatic N) is 1. The van der Waals surface area contributed by atoms with Gasteiger partial charge in [0, 0.05) is 6.54 Å². The van der Waals surface area contributed by atoms with Gasteiger partial charge >= 0.3 is 6.09 Å². The van der Waals surface area contributed by atoms with Gasteiger partial charge in [-0.3, -0.25) is 9.59 Å². The predicted octanol–water partition coefficient (Wildman–Crippen LogP) is 6.42. The fraction of sp³-hybridized carbons (Fsp3) is 0.531. The number of nitrogens with one attached hydrogen (secondary N) is 2. The standard InChI is InChI=1S/C32H46ClN3O6/c1-7-8-9-10-11-12-18-36(30(40)25(20-37)34-31(41)42-32(4,5)6)28(23-16-17-26(38)22(3)19-23)29(39)35-27-21(2)14-13-15-24(27)33/h13-17,19,25,28,37-38H,7-12,18,20H2,1-6H3,(H,34,41)(H,35,39). The first-order chi connectivity index (χ1) is 19.8. The molecule has 0 aliphatic carbocycles. The second-order valence-electron chi connectivity index (χ2n) is 11.6. The van der Waals surface area contributed by atoms with Crippen molar-refractivity contribution in [2.75, 3.05) is 18.5 Å². The van der Waals surface area contributed by atoms with Gasteiger partial charge in [-0.15, -0.1) is 0 Å². The van der Waals surface area contributed by atoms with E-state index in [9.17, 15) is 24.6 Å². The third-order valence-corrected chi connectivity index (χ3v) is 7.09. The second-order valence-corrected chi connectivity index (χ2v) is 12.0. The normalized spacial score (nSPS) is 12.8. The van der Waals surface area contributed by atoms with Crippen LogP contribution in [0.2, 0.25) is 5.02 Å².